The van der Waals surface area contributed by atoms with Crippen molar-refractivity contribution in [3.8, 4) is 0 Å². The summed E-state index contributed by atoms with van der Waals surface area (Å²) in [5, 5.41) is 0. The van der Waals surface area contributed by atoms with E-state index in [1.165, 1.54) is 22.3 Å². The number of carbonyl (C=O) groups excluding carboxylic acids is 3. The zero-order valence-electron chi connectivity index (χ0n) is 17.8. The van der Waals surface area contributed by atoms with Crippen molar-refractivity contribution in [2.45, 2.75) is 78.6 Å². The van der Waals surface area contributed by atoms with Gasteiger partial charge in [0.2, 0.25) is 0 Å². The van der Waals surface area contributed by atoms with Crippen LogP contribution in [0.25, 0.3) is 0 Å². The fraction of sp³-hybridized carbons (Fsp3) is 0.545. The van der Waals surface area contributed by atoms with E-state index in [1.807, 2.05) is 0 Å². The van der Waals surface area contributed by atoms with Crippen LogP contribution in [0.4, 0.5) is 0 Å². The van der Waals surface area contributed by atoms with Crippen molar-refractivity contribution in [3.05, 3.63) is 34.4 Å². The number of hydrogen-bond donors (Lipinski definition) is 0. The molecule has 1 aromatic carbocycles. The monoisotopic (exact) mass is 432 g/mol. The van der Waals surface area contributed by atoms with Crippen LogP contribution in [0.3, 0.4) is 0 Å². The molecule has 0 N–H and O–H groups in total. The molecule has 3 nitrogen and oxygen atoms in total. The molecule has 0 aromatic heterocycles. The Morgan fingerprint density at radius 1 is 0.667 bits per heavy atom. The van der Waals surface area contributed by atoms with Crippen LogP contribution in [0.5, 0.6) is 0 Å². The van der Waals surface area contributed by atoms with Crippen LogP contribution in [0.2, 0.25) is 0 Å². The first-order chi connectivity index (χ1) is 11.8. The molecule has 0 bridgehead atoms. The van der Waals surface area contributed by atoms with Crippen LogP contribution < -0.4 is 0 Å². The third-order valence-electron chi connectivity index (χ3n) is 3.81. The van der Waals surface area contributed by atoms with Crippen molar-refractivity contribution in [3.63, 3.8) is 0 Å². The third kappa shape index (κ3) is 10.7. The number of benzene rings is 1. The van der Waals surface area contributed by atoms with Gasteiger partial charge in [-0.05, 0) is 44.3 Å². The second-order valence-corrected chi connectivity index (χ2v) is 9.17. The maximum Gasteiger partial charge on any atom is 0.281 e. The molecule has 0 heterocycles. The normalized spacial score (nSPS) is 10.4. The van der Waals surface area contributed by atoms with Crippen molar-refractivity contribution in [2.24, 2.45) is 0 Å². The molecule has 0 aliphatic rings. The first-order valence-corrected chi connectivity index (χ1v) is 8.67. The molecule has 0 aliphatic carbocycles. The van der Waals surface area contributed by atoms with Crippen molar-refractivity contribution < 1.29 is 30.9 Å². The zero-order valence-corrected chi connectivity index (χ0v) is 19.8. The average molecular weight is 433 g/mol. The molecule has 1 aromatic rings. The molecule has 0 spiro atoms. The van der Waals surface area contributed by atoms with Gasteiger partial charge in [-0.15, -0.1) is 8.86 Å². The Bertz CT molecular complexity index is 525. The summed E-state index contributed by atoms with van der Waals surface area (Å²) >= 11 is 0. The standard InChI is InChI=1S/C19H31P.3CO.Ni/c1-17(2,3)13-10-15(18(4,5)6)14(12-20)16(11-13)19(7,8)9;3*1-2;/h10-12,20H,1-9H3;;;;. The summed E-state index contributed by atoms with van der Waals surface area (Å²) in [7, 11) is 3.65. The molecule has 0 saturated carbocycles. The predicted octanol–water partition coefficient (Wildman–Crippen LogP) is 4.68. The van der Waals surface area contributed by atoms with E-state index in [0.29, 0.717) is 0 Å². The van der Waals surface area contributed by atoms with Gasteiger partial charge >= 0.3 is 0 Å². The Morgan fingerprint density at radius 2 is 0.926 bits per heavy atom. The minimum Gasteiger partial charge on any atom is -0.281 e. The SMILES string of the molecule is CC(C)(C)c1cc(C(C)(C)C)c(C=P)c(C(C)(C)C)c1.[C]=O.[C]=O.[C]=O.[Ni]. The number of hydrogen-bond acceptors (Lipinski definition) is 3. The van der Waals surface area contributed by atoms with Gasteiger partial charge < -0.3 is 0 Å². The van der Waals surface area contributed by atoms with Gasteiger partial charge in [0.05, 0.1) is 0 Å². The minimum atomic E-state index is 0. The van der Waals surface area contributed by atoms with Crippen molar-refractivity contribution in [2.75, 3.05) is 0 Å². The maximum atomic E-state index is 7.50. The van der Waals surface area contributed by atoms with E-state index in [-0.39, 0.29) is 32.7 Å². The van der Waals surface area contributed by atoms with E-state index in [2.05, 4.69) is 109 Å². The van der Waals surface area contributed by atoms with Gasteiger partial charge in [0, 0.05) is 16.5 Å². The van der Waals surface area contributed by atoms with E-state index >= 15 is 0 Å². The van der Waals surface area contributed by atoms with Gasteiger partial charge in [-0.25, -0.2) is 0 Å². The second kappa shape index (κ2) is 14.0. The average Bonchev–Trinajstić information content (AvgIpc) is 2.56. The molecule has 152 valence electrons. The minimum absolute atomic E-state index is 0. The molecule has 0 fully saturated rings. The van der Waals surface area contributed by atoms with E-state index in [0.717, 1.165) is 0 Å². The van der Waals surface area contributed by atoms with Crippen LogP contribution in [-0.2, 0) is 47.1 Å². The predicted molar refractivity (Wildman–Crippen MR) is 113 cm³/mol. The van der Waals surface area contributed by atoms with Gasteiger partial charge in [0.15, 0.2) is 0 Å². The quantitative estimate of drug-likeness (QED) is 0.478. The van der Waals surface area contributed by atoms with Crippen LogP contribution >= 0.6 is 8.86 Å². The van der Waals surface area contributed by atoms with Gasteiger partial charge in [-0.2, -0.15) is 0 Å². The van der Waals surface area contributed by atoms with Crippen LogP contribution in [0.1, 0.15) is 84.6 Å². The van der Waals surface area contributed by atoms with Crippen molar-refractivity contribution in [1.29, 1.82) is 0 Å². The summed E-state index contributed by atoms with van der Waals surface area (Å²) in [5.74, 6) is 2.09. The summed E-state index contributed by atoms with van der Waals surface area (Å²) in [6.45, 7) is 34.1. The molecule has 0 amide bonds. The molecule has 0 atom stereocenters. The first kappa shape index (κ1) is 33.5. The van der Waals surface area contributed by atoms with Gasteiger partial charge in [0.25, 0.3) is 20.4 Å². The Morgan fingerprint density at radius 3 is 1.07 bits per heavy atom. The molecule has 0 saturated heterocycles. The van der Waals surface area contributed by atoms with Gasteiger partial charge in [0.1, 0.15) is 0 Å². The summed E-state index contributed by atoms with van der Waals surface area (Å²) in [6, 6.07) is 4.78. The van der Waals surface area contributed by atoms with Crippen LogP contribution in [0, 0.1) is 0 Å². The summed E-state index contributed by atoms with van der Waals surface area (Å²) in [4.78, 5) is 22.5. The van der Waals surface area contributed by atoms with Crippen molar-refractivity contribution >= 4 is 35.0 Å². The smallest absolute Gasteiger partial charge is 0.281 e. The van der Waals surface area contributed by atoms with E-state index < -0.39 is 0 Å². The fourth-order valence-corrected chi connectivity index (χ4v) is 2.79. The summed E-state index contributed by atoms with van der Waals surface area (Å²) < 4.78 is 0. The van der Waals surface area contributed by atoms with Gasteiger partial charge in [-0.1, -0.05) is 74.4 Å². The molecule has 0 unspecified atom stereocenters. The molecule has 27 heavy (non-hydrogen) atoms. The molecule has 1 rings (SSSR count). The van der Waals surface area contributed by atoms with Crippen LogP contribution in [0.15, 0.2) is 12.1 Å². The Kier molecular flexibility index (Phi) is 17.3. The second-order valence-electron chi connectivity index (χ2n) is 8.88. The molecular weight excluding hydrogens is 402 g/mol. The largest absolute Gasteiger partial charge is 0.281 e. The number of rotatable bonds is 1. The Labute approximate surface area is 178 Å². The summed E-state index contributed by atoms with van der Waals surface area (Å²) in [6.07, 6.45) is 0. The van der Waals surface area contributed by atoms with E-state index in [4.69, 9.17) is 14.4 Å². The molecule has 5 heteroatoms. The fourth-order valence-electron chi connectivity index (χ4n) is 2.48. The Balaban J connectivity index is -0.000000342. The van der Waals surface area contributed by atoms with Crippen LogP contribution in [-0.4, -0.2) is 26.2 Å². The Hall–Kier alpha value is -1.11. The maximum absolute atomic E-state index is 7.50. The molecule has 0 aliphatic heterocycles. The zero-order chi connectivity index (χ0) is 21.9. The molecule has 6 radical (unpaired) electrons. The van der Waals surface area contributed by atoms with Crippen molar-refractivity contribution in [1.82, 2.24) is 0 Å². The third-order valence-corrected chi connectivity index (χ3v) is 4.10. The van der Waals surface area contributed by atoms with E-state index in [9.17, 15) is 0 Å². The van der Waals surface area contributed by atoms with Gasteiger partial charge in [-0.3, -0.25) is 14.4 Å². The molecular formula is C22H31NiO3P. The topological polar surface area (TPSA) is 51.2 Å². The van der Waals surface area contributed by atoms with E-state index in [1.54, 1.807) is 0 Å². The summed E-state index contributed by atoms with van der Waals surface area (Å²) in [5.41, 5.74) is 6.05. The first-order valence-electron chi connectivity index (χ1n) is 8.09.